The standard InChI is InChI=1S/C17H21NO/c1-12(2)13(3)18-17(19)11-14-8-9-15-6-4-5-7-16(15)10-14/h4-10,12-13H,11H2,1-3H3,(H,18,19). The highest BCUT2D eigenvalue weighted by molar-refractivity contribution is 5.85. The minimum atomic E-state index is 0.0940. The molecule has 0 fully saturated rings. The number of rotatable bonds is 4. The van der Waals surface area contributed by atoms with Crippen molar-refractivity contribution < 1.29 is 4.79 Å². The van der Waals surface area contributed by atoms with Gasteiger partial charge in [0.1, 0.15) is 0 Å². The molecule has 1 unspecified atom stereocenters. The number of carbonyl (C=O) groups excluding carboxylic acids is 1. The molecule has 2 aromatic carbocycles. The Morgan fingerprint density at radius 3 is 2.42 bits per heavy atom. The third-order valence-electron chi connectivity index (χ3n) is 3.57. The molecule has 1 N–H and O–H groups in total. The van der Waals surface area contributed by atoms with Crippen LogP contribution in [-0.4, -0.2) is 11.9 Å². The molecule has 2 aromatic rings. The Kier molecular flexibility index (Phi) is 4.20. The summed E-state index contributed by atoms with van der Waals surface area (Å²) >= 11 is 0. The summed E-state index contributed by atoms with van der Waals surface area (Å²) in [7, 11) is 0. The van der Waals surface area contributed by atoms with Gasteiger partial charge in [-0.15, -0.1) is 0 Å². The van der Waals surface area contributed by atoms with Crippen LogP contribution in [0.25, 0.3) is 10.8 Å². The first-order chi connectivity index (χ1) is 9.06. The van der Waals surface area contributed by atoms with Crippen molar-refractivity contribution in [1.82, 2.24) is 5.32 Å². The molecule has 0 aliphatic heterocycles. The summed E-state index contributed by atoms with van der Waals surface area (Å²) in [6.07, 6.45) is 0.446. The van der Waals surface area contributed by atoms with Gasteiger partial charge in [0, 0.05) is 6.04 Å². The molecule has 0 saturated carbocycles. The van der Waals surface area contributed by atoms with Crippen molar-refractivity contribution in [1.29, 1.82) is 0 Å². The van der Waals surface area contributed by atoms with E-state index in [1.54, 1.807) is 0 Å². The van der Waals surface area contributed by atoms with Gasteiger partial charge in [0.05, 0.1) is 6.42 Å². The van der Waals surface area contributed by atoms with E-state index in [1.165, 1.54) is 10.8 Å². The number of nitrogens with one attached hydrogen (secondary N) is 1. The lowest BCUT2D eigenvalue weighted by atomic mass is 10.0. The zero-order chi connectivity index (χ0) is 13.8. The van der Waals surface area contributed by atoms with Gasteiger partial charge in [0.2, 0.25) is 5.91 Å². The third kappa shape index (κ3) is 3.57. The van der Waals surface area contributed by atoms with Gasteiger partial charge in [-0.25, -0.2) is 0 Å². The van der Waals surface area contributed by atoms with E-state index in [0.29, 0.717) is 12.3 Å². The summed E-state index contributed by atoms with van der Waals surface area (Å²) in [6.45, 7) is 6.27. The molecular weight excluding hydrogens is 234 g/mol. The summed E-state index contributed by atoms with van der Waals surface area (Å²) < 4.78 is 0. The summed E-state index contributed by atoms with van der Waals surface area (Å²) in [6, 6.07) is 14.6. The van der Waals surface area contributed by atoms with Gasteiger partial charge in [0.25, 0.3) is 0 Å². The van der Waals surface area contributed by atoms with Crippen molar-refractivity contribution in [3.8, 4) is 0 Å². The highest BCUT2D eigenvalue weighted by atomic mass is 16.1. The first kappa shape index (κ1) is 13.6. The van der Waals surface area contributed by atoms with E-state index in [1.807, 2.05) is 25.1 Å². The molecule has 1 atom stereocenters. The van der Waals surface area contributed by atoms with E-state index in [2.05, 4.69) is 43.4 Å². The predicted octanol–water partition coefficient (Wildman–Crippen LogP) is 3.54. The number of hydrogen-bond acceptors (Lipinski definition) is 1. The van der Waals surface area contributed by atoms with Crippen molar-refractivity contribution in [2.24, 2.45) is 5.92 Å². The molecule has 2 rings (SSSR count). The van der Waals surface area contributed by atoms with Crippen LogP contribution in [0.1, 0.15) is 26.3 Å². The lowest BCUT2D eigenvalue weighted by Crippen LogP contribution is -2.37. The van der Waals surface area contributed by atoms with Crippen LogP contribution < -0.4 is 5.32 Å². The quantitative estimate of drug-likeness (QED) is 0.889. The van der Waals surface area contributed by atoms with Gasteiger partial charge in [-0.3, -0.25) is 4.79 Å². The van der Waals surface area contributed by atoms with Crippen molar-refractivity contribution in [3.05, 3.63) is 48.0 Å². The molecule has 19 heavy (non-hydrogen) atoms. The number of benzene rings is 2. The largest absolute Gasteiger partial charge is 0.353 e. The van der Waals surface area contributed by atoms with Gasteiger partial charge in [-0.2, -0.15) is 0 Å². The number of fused-ring (bicyclic) bond motifs is 1. The fraction of sp³-hybridized carbons (Fsp3) is 0.353. The molecule has 0 radical (unpaired) electrons. The first-order valence-corrected chi connectivity index (χ1v) is 6.83. The van der Waals surface area contributed by atoms with Crippen molar-refractivity contribution >= 4 is 16.7 Å². The van der Waals surface area contributed by atoms with Crippen molar-refractivity contribution in [2.45, 2.75) is 33.2 Å². The minimum Gasteiger partial charge on any atom is -0.353 e. The summed E-state index contributed by atoms with van der Waals surface area (Å²) in [4.78, 5) is 12.0. The van der Waals surface area contributed by atoms with Crippen LogP contribution in [0.5, 0.6) is 0 Å². The molecule has 0 saturated heterocycles. The highest BCUT2D eigenvalue weighted by Gasteiger charge is 2.11. The molecule has 0 aromatic heterocycles. The Labute approximate surface area is 114 Å². The molecule has 0 spiro atoms. The van der Waals surface area contributed by atoms with E-state index in [0.717, 1.165) is 5.56 Å². The van der Waals surface area contributed by atoms with E-state index < -0.39 is 0 Å². The van der Waals surface area contributed by atoms with E-state index in [-0.39, 0.29) is 11.9 Å². The first-order valence-electron chi connectivity index (χ1n) is 6.83. The van der Waals surface area contributed by atoms with Crippen LogP contribution in [0.15, 0.2) is 42.5 Å². The zero-order valence-corrected chi connectivity index (χ0v) is 11.8. The van der Waals surface area contributed by atoms with Crippen LogP contribution in [0.3, 0.4) is 0 Å². The minimum absolute atomic E-state index is 0.0940. The lowest BCUT2D eigenvalue weighted by Gasteiger charge is -2.17. The van der Waals surface area contributed by atoms with Gasteiger partial charge >= 0.3 is 0 Å². The Bertz CT molecular complexity index is 574. The Hall–Kier alpha value is -1.83. The second kappa shape index (κ2) is 5.87. The van der Waals surface area contributed by atoms with Gasteiger partial charge < -0.3 is 5.32 Å². The number of hydrogen-bond donors (Lipinski definition) is 1. The van der Waals surface area contributed by atoms with Gasteiger partial charge in [-0.1, -0.05) is 56.3 Å². The molecule has 0 bridgehead atoms. The van der Waals surface area contributed by atoms with Gasteiger partial charge in [0.15, 0.2) is 0 Å². The fourth-order valence-electron chi connectivity index (χ4n) is 2.01. The average Bonchev–Trinajstić information content (AvgIpc) is 2.38. The topological polar surface area (TPSA) is 29.1 Å². The van der Waals surface area contributed by atoms with Crippen LogP contribution in [0.4, 0.5) is 0 Å². The zero-order valence-electron chi connectivity index (χ0n) is 11.8. The number of carbonyl (C=O) groups is 1. The maximum absolute atomic E-state index is 12.0. The molecular formula is C17H21NO. The normalized spacial score (nSPS) is 12.6. The second-order valence-corrected chi connectivity index (χ2v) is 5.46. The Morgan fingerprint density at radius 2 is 1.74 bits per heavy atom. The van der Waals surface area contributed by atoms with Crippen LogP contribution >= 0.6 is 0 Å². The van der Waals surface area contributed by atoms with E-state index in [9.17, 15) is 4.79 Å². The maximum Gasteiger partial charge on any atom is 0.224 e. The van der Waals surface area contributed by atoms with Crippen LogP contribution in [0.2, 0.25) is 0 Å². The molecule has 100 valence electrons. The summed E-state index contributed by atoms with van der Waals surface area (Å²) in [5.41, 5.74) is 1.06. The molecule has 0 aliphatic carbocycles. The molecule has 2 nitrogen and oxygen atoms in total. The molecule has 0 heterocycles. The van der Waals surface area contributed by atoms with Crippen LogP contribution in [0, 0.1) is 5.92 Å². The molecule has 2 heteroatoms. The summed E-state index contributed by atoms with van der Waals surface area (Å²) in [5, 5.41) is 5.43. The van der Waals surface area contributed by atoms with E-state index >= 15 is 0 Å². The second-order valence-electron chi connectivity index (χ2n) is 5.46. The van der Waals surface area contributed by atoms with Crippen LogP contribution in [-0.2, 0) is 11.2 Å². The lowest BCUT2D eigenvalue weighted by molar-refractivity contribution is -0.121. The molecule has 0 aliphatic rings. The van der Waals surface area contributed by atoms with E-state index in [4.69, 9.17) is 0 Å². The SMILES string of the molecule is CC(C)C(C)NC(=O)Cc1ccc2ccccc2c1. The van der Waals surface area contributed by atoms with Crippen molar-refractivity contribution in [2.75, 3.05) is 0 Å². The Balaban J connectivity index is 2.07. The highest BCUT2D eigenvalue weighted by Crippen LogP contribution is 2.16. The fourth-order valence-corrected chi connectivity index (χ4v) is 2.01. The Morgan fingerprint density at radius 1 is 1.05 bits per heavy atom. The van der Waals surface area contributed by atoms with Gasteiger partial charge in [-0.05, 0) is 29.2 Å². The van der Waals surface area contributed by atoms with Crippen molar-refractivity contribution in [3.63, 3.8) is 0 Å². The maximum atomic E-state index is 12.0. The number of amides is 1. The monoisotopic (exact) mass is 255 g/mol. The summed E-state index contributed by atoms with van der Waals surface area (Å²) in [5.74, 6) is 0.553. The predicted molar refractivity (Wildman–Crippen MR) is 80.1 cm³/mol. The smallest absolute Gasteiger partial charge is 0.224 e. The third-order valence-corrected chi connectivity index (χ3v) is 3.57. The average molecular weight is 255 g/mol. The molecule has 1 amide bonds.